The Bertz CT molecular complexity index is 573. The molecule has 10 heteroatoms. The smallest absolute Gasteiger partial charge is 0.352 e. The Kier molecular flexibility index (Phi) is 9.14. The molecule has 2 rings (SSSR count). The van der Waals surface area contributed by atoms with E-state index in [9.17, 15) is 13.2 Å². The van der Waals surface area contributed by atoms with Crippen LogP contribution >= 0.6 is 24.0 Å². The average molecular weight is 488 g/mol. The van der Waals surface area contributed by atoms with Gasteiger partial charge in [0.25, 0.3) is 0 Å². The van der Waals surface area contributed by atoms with E-state index in [4.69, 9.17) is 0 Å². The fourth-order valence-electron chi connectivity index (χ4n) is 2.97. The van der Waals surface area contributed by atoms with Crippen LogP contribution in [0.4, 0.5) is 13.2 Å². The van der Waals surface area contributed by atoms with Gasteiger partial charge < -0.3 is 15.2 Å². The largest absolute Gasteiger partial charge is 0.401 e. The zero-order valence-electron chi connectivity index (χ0n) is 15.4. The number of hydrogen-bond acceptors (Lipinski definition) is 3. The highest BCUT2D eigenvalue weighted by Crippen LogP contribution is 2.19. The van der Waals surface area contributed by atoms with Crippen molar-refractivity contribution < 1.29 is 13.2 Å². The number of nitrogens with one attached hydrogen (secondary N) is 2. The lowest BCUT2D eigenvalue weighted by molar-refractivity contribution is -0.143. The number of halogens is 4. The Morgan fingerprint density at radius 3 is 2.77 bits per heavy atom. The fourth-order valence-corrected chi connectivity index (χ4v) is 2.97. The summed E-state index contributed by atoms with van der Waals surface area (Å²) in [6, 6.07) is -0.0380. The number of aromatic nitrogens is 2. The third kappa shape index (κ3) is 7.68. The van der Waals surface area contributed by atoms with E-state index in [1.165, 1.54) is 4.90 Å². The first kappa shape index (κ1) is 23.0. The van der Waals surface area contributed by atoms with Crippen LogP contribution in [-0.4, -0.2) is 59.3 Å². The van der Waals surface area contributed by atoms with Crippen LogP contribution in [0.15, 0.2) is 17.4 Å². The summed E-state index contributed by atoms with van der Waals surface area (Å²) in [5, 5.41) is 6.39. The van der Waals surface area contributed by atoms with Crippen molar-refractivity contribution in [2.45, 2.75) is 45.6 Å². The number of guanidine groups is 1. The van der Waals surface area contributed by atoms with Crippen molar-refractivity contribution in [3.8, 4) is 0 Å². The summed E-state index contributed by atoms with van der Waals surface area (Å²) in [6.07, 6.45) is 0.224. The van der Waals surface area contributed by atoms with E-state index in [1.807, 2.05) is 6.20 Å². The van der Waals surface area contributed by atoms with Crippen molar-refractivity contribution >= 4 is 29.9 Å². The average Bonchev–Trinajstić information content (AvgIpc) is 3.10. The molecule has 0 bridgehead atoms. The molecule has 0 radical (unpaired) electrons. The monoisotopic (exact) mass is 488 g/mol. The molecular weight excluding hydrogens is 460 g/mol. The SMILES string of the molecule is CN=C(NCc1nccn1CC(C)C)NC1CCN(CC(F)(F)F)C1.I. The summed E-state index contributed by atoms with van der Waals surface area (Å²) in [5.74, 6) is 2.00. The normalized spacial score (nSPS) is 18.9. The van der Waals surface area contributed by atoms with Crippen LogP contribution in [0, 0.1) is 5.92 Å². The molecule has 1 aromatic heterocycles. The Balaban J connectivity index is 0.00000338. The number of rotatable bonds is 6. The maximum Gasteiger partial charge on any atom is 0.401 e. The molecule has 150 valence electrons. The van der Waals surface area contributed by atoms with Crippen molar-refractivity contribution in [1.82, 2.24) is 25.1 Å². The van der Waals surface area contributed by atoms with E-state index in [0.29, 0.717) is 37.9 Å². The van der Waals surface area contributed by atoms with Crippen LogP contribution in [0.5, 0.6) is 0 Å². The van der Waals surface area contributed by atoms with Crippen LogP contribution in [0.1, 0.15) is 26.1 Å². The summed E-state index contributed by atoms with van der Waals surface area (Å²) in [5.41, 5.74) is 0. The Hall–Kier alpha value is -1.04. The van der Waals surface area contributed by atoms with Crippen LogP contribution in [-0.2, 0) is 13.1 Å². The first-order valence-electron chi connectivity index (χ1n) is 8.53. The minimum absolute atomic E-state index is 0. The van der Waals surface area contributed by atoms with Gasteiger partial charge in [0, 0.05) is 45.1 Å². The zero-order chi connectivity index (χ0) is 18.4. The summed E-state index contributed by atoms with van der Waals surface area (Å²) < 4.78 is 39.5. The maximum absolute atomic E-state index is 12.5. The highest BCUT2D eigenvalue weighted by Gasteiger charge is 2.34. The fraction of sp³-hybridized carbons (Fsp3) is 0.750. The van der Waals surface area contributed by atoms with E-state index in [-0.39, 0.29) is 30.0 Å². The third-order valence-electron chi connectivity index (χ3n) is 4.02. The summed E-state index contributed by atoms with van der Waals surface area (Å²) in [7, 11) is 1.65. The van der Waals surface area contributed by atoms with Crippen molar-refractivity contribution in [2.24, 2.45) is 10.9 Å². The number of likely N-dealkylation sites (tertiary alicyclic amines) is 1. The van der Waals surface area contributed by atoms with Gasteiger partial charge in [-0.1, -0.05) is 13.8 Å². The summed E-state index contributed by atoms with van der Waals surface area (Å²) >= 11 is 0. The first-order valence-corrected chi connectivity index (χ1v) is 8.53. The Morgan fingerprint density at radius 2 is 2.15 bits per heavy atom. The first-order chi connectivity index (χ1) is 11.8. The standard InChI is InChI=1S/C16H27F3N6.HI/c1-12(2)9-25-7-5-21-14(25)8-22-15(20-3)23-13-4-6-24(10-13)11-16(17,18)19;/h5,7,12-13H,4,6,8-11H2,1-3H3,(H2,20,22,23);1H. The molecule has 2 N–H and O–H groups in total. The molecule has 6 nitrogen and oxygen atoms in total. The van der Waals surface area contributed by atoms with E-state index in [2.05, 4.69) is 39.0 Å². The van der Waals surface area contributed by atoms with Crippen molar-refractivity contribution in [3.05, 3.63) is 18.2 Å². The minimum atomic E-state index is -4.15. The van der Waals surface area contributed by atoms with Crippen LogP contribution < -0.4 is 10.6 Å². The molecule has 1 aromatic rings. The third-order valence-corrected chi connectivity index (χ3v) is 4.02. The van der Waals surface area contributed by atoms with Gasteiger partial charge in [0.2, 0.25) is 0 Å². The molecular formula is C16H28F3IN6. The molecule has 1 fully saturated rings. The van der Waals surface area contributed by atoms with Crippen molar-refractivity contribution in [1.29, 1.82) is 0 Å². The van der Waals surface area contributed by atoms with Crippen LogP contribution in [0.3, 0.4) is 0 Å². The predicted molar refractivity (Wildman–Crippen MR) is 107 cm³/mol. The summed E-state index contributed by atoms with van der Waals surface area (Å²) in [4.78, 5) is 9.92. The second-order valence-corrected chi connectivity index (χ2v) is 6.80. The maximum atomic E-state index is 12.5. The van der Waals surface area contributed by atoms with Crippen LogP contribution in [0.2, 0.25) is 0 Å². The Labute approximate surface area is 169 Å². The van der Waals surface area contributed by atoms with Gasteiger partial charge >= 0.3 is 6.18 Å². The Morgan fingerprint density at radius 1 is 1.42 bits per heavy atom. The number of nitrogens with zero attached hydrogens (tertiary/aromatic N) is 4. The lowest BCUT2D eigenvalue weighted by atomic mass is 10.2. The van der Waals surface area contributed by atoms with E-state index in [1.54, 1.807) is 13.2 Å². The molecule has 0 amide bonds. The van der Waals surface area contributed by atoms with Gasteiger partial charge in [-0.05, 0) is 12.3 Å². The number of hydrogen-bond donors (Lipinski definition) is 2. The van der Waals surface area contributed by atoms with E-state index in [0.717, 1.165) is 12.4 Å². The van der Waals surface area contributed by atoms with Gasteiger partial charge in [-0.2, -0.15) is 13.2 Å². The van der Waals surface area contributed by atoms with Gasteiger partial charge in [0.15, 0.2) is 5.96 Å². The topological polar surface area (TPSA) is 57.5 Å². The molecule has 0 saturated carbocycles. The summed E-state index contributed by atoms with van der Waals surface area (Å²) in [6.45, 7) is 5.63. The van der Waals surface area contributed by atoms with Crippen LogP contribution in [0.25, 0.3) is 0 Å². The number of alkyl halides is 3. The highest BCUT2D eigenvalue weighted by molar-refractivity contribution is 14.0. The van der Waals surface area contributed by atoms with Crippen molar-refractivity contribution in [3.63, 3.8) is 0 Å². The highest BCUT2D eigenvalue weighted by atomic mass is 127. The molecule has 0 aliphatic carbocycles. The van der Waals surface area contributed by atoms with Gasteiger partial charge in [-0.25, -0.2) is 4.98 Å². The van der Waals surface area contributed by atoms with Gasteiger partial charge in [-0.15, -0.1) is 24.0 Å². The molecule has 26 heavy (non-hydrogen) atoms. The van der Waals surface area contributed by atoms with Crippen molar-refractivity contribution in [2.75, 3.05) is 26.7 Å². The molecule has 1 unspecified atom stereocenters. The lowest BCUT2D eigenvalue weighted by Crippen LogP contribution is -2.45. The van der Waals surface area contributed by atoms with E-state index >= 15 is 0 Å². The second kappa shape index (κ2) is 10.3. The molecule has 0 spiro atoms. The van der Waals surface area contributed by atoms with E-state index < -0.39 is 12.7 Å². The predicted octanol–water partition coefficient (Wildman–Crippen LogP) is 2.46. The number of aliphatic imine (C=N–C) groups is 1. The molecule has 1 saturated heterocycles. The van der Waals surface area contributed by atoms with Gasteiger partial charge in [-0.3, -0.25) is 9.89 Å². The molecule has 0 aromatic carbocycles. The minimum Gasteiger partial charge on any atom is -0.352 e. The van der Waals surface area contributed by atoms with Gasteiger partial charge in [0.05, 0.1) is 13.1 Å². The second-order valence-electron chi connectivity index (χ2n) is 6.80. The lowest BCUT2D eigenvalue weighted by Gasteiger charge is -2.20. The quantitative estimate of drug-likeness (QED) is 0.367. The molecule has 2 heterocycles. The number of imidazole rings is 1. The molecule has 1 aliphatic heterocycles. The zero-order valence-corrected chi connectivity index (χ0v) is 17.7. The van der Waals surface area contributed by atoms with Gasteiger partial charge in [0.1, 0.15) is 5.82 Å². The molecule has 1 atom stereocenters. The molecule has 1 aliphatic rings.